The highest BCUT2D eigenvalue weighted by molar-refractivity contribution is 7.99. The van der Waals surface area contributed by atoms with E-state index in [1.54, 1.807) is 36.0 Å². The molecule has 0 unspecified atom stereocenters. The molecule has 0 aromatic heterocycles. The minimum absolute atomic E-state index is 0.0785. The zero-order valence-corrected chi connectivity index (χ0v) is 16.0. The van der Waals surface area contributed by atoms with Gasteiger partial charge in [0.1, 0.15) is 5.75 Å². The van der Waals surface area contributed by atoms with Crippen LogP contribution in [0.15, 0.2) is 53.4 Å². The van der Waals surface area contributed by atoms with Crippen molar-refractivity contribution in [3.63, 3.8) is 0 Å². The van der Waals surface area contributed by atoms with Crippen LogP contribution in [0.2, 0.25) is 5.02 Å². The number of benzene rings is 2. The van der Waals surface area contributed by atoms with Crippen LogP contribution in [-0.2, 0) is 4.79 Å². The molecule has 0 aliphatic carbocycles. The summed E-state index contributed by atoms with van der Waals surface area (Å²) < 4.78 is 5.42. The molecule has 0 atom stereocenters. The Balaban J connectivity index is 1.70. The van der Waals surface area contributed by atoms with Gasteiger partial charge in [0.2, 0.25) is 5.91 Å². The predicted octanol–water partition coefficient (Wildman–Crippen LogP) is 3.38. The molecule has 0 radical (unpaired) electrons. The molecule has 0 fully saturated rings. The lowest BCUT2D eigenvalue weighted by Gasteiger charge is -2.10. The Labute approximate surface area is 162 Å². The van der Waals surface area contributed by atoms with Gasteiger partial charge in [0.15, 0.2) is 0 Å². The number of carbonyl (C=O) groups excluding carboxylic acids is 2. The van der Waals surface area contributed by atoms with Gasteiger partial charge < -0.3 is 15.4 Å². The van der Waals surface area contributed by atoms with Crippen LogP contribution in [0.4, 0.5) is 0 Å². The van der Waals surface area contributed by atoms with Crippen molar-refractivity contribution in [2.24, 2.45) is 0 Å². The Morgan fingerprint density at radius 1 is 1.08 bits per heavy atom. The number of thioether (sulfide) groups is 1. The minimum atomic E-state index is -0.334. The number of carbonyl (C=O) groups is 2. The molecule has 0 aliphatic heterocycles. The SMILES string of the molecule is CCOc1ccccc1C(=O)NCC(=O)NCCSc1ccc(Cl)cc1. The van der Waals surface area contributed by atoms with Crippen LogP contribution in [0.3, 0.4) is 0 Å². The summed E-state index contributed by atoms with van der Waals surface area (Å²) in [6.07, 6.45) is 0. The summed E-state index contributed by atoms with van der Waals surface area (Å²) in [4.78, 5) is 25.2. The molecule has 0 saturated heterocycles. The molecule has 5 nitrogen and oxygen atoms in total. The van der Waals surface area contributed by atoms with E-state index in [1.807, 2.05) is 31.2 Å². The first kappa shape index (κ1) is 20.1. The van der Waals surface area contributed by atoms with Crippen LogP contribution in [0.25, 0.3) is 0 Å². The molecule has 7 heteroatoms. The molecular formula is C19H21ClN2O3S. The van der Waals surface area contributed by atoms with E-state index in [4.69, 9.17) is 16.3 Å². The lowest BCUT2D eigenvalue weighted by atomic mass is 10.2. The molecular weight excluding hydrogens is 372 g/mol. The van der Waals surface area contributed by atoms with Crippen molar-refractivity contribution in [3.05, 3.63) is 59.1 Å². The largest absolute Gasteiger partial charge is 0.493 e. The lowest BCUT2D eigenvalue weighted by molar-refractivity contribution is -0.120. The van der Waals surface area contributed by atoms with Crippen LogP contribution < -0.4 is 15.4 Å². The van der Waals surface area contributed by atoms with Crippen molar-refractivity contribution in [3.8, 4) is 5.75 Å². The Bertz CT molecular complexity index is 738. The molecule has 0 saturated carbocycles. The third kappa shape index (κ3) is 6.61. The van der Waals surface area contributed by atoms with Gasteiger partial charge in [-0.1, -0.05) is 23.7 Å². The molecule has 2 rings (SSSR count). The molecule has 2 aromatic rings. The summed E-state index contributed by atoms with van der Waals surface area (Å²) in [6.45, 7) is 2.75. The maximum Gasteiger partial charge on any atom is 0.255 e. The van der Waals surface area contributed by atoms with Crippen molar-refractivity contribution in [1.82, 2.24) is 10.6 Å². The molecule has 0 spiro atoms. The van der Waals surface area contributed by atoms with Gasteiger partial charge in [-0.05, 0) is 43.3 Å². The molecule has 2 aromatic carbocycles. The normalized spacial score (nSPS) is 10.2. The van der Waals surface area contributed by atoms with E-state index in [-0.39, 0.29) is 18.4 Å². The smallest absolute Gasteiger partial charge is 0.255 e. The zero-order chi connectivity index (χ0) is 18.8. The van der Waals surface area contributed by atoms with E-state index in [0.717, 1.165) is 10.6 Å². The average molecular weight is 393 g/mol. The number of nitrogens with one attached hydrogen (secondary N) is 2. The summed E-state index contributed by atoms with van der Waals surface area (Å²) in [5.74, 6) is 0.671. The standard InChI is InChI=1S/C19H21ClN2O3S/c1-2-25-17-6-4-3-5-16(17)19(24)22-13-18(23)21-11-12-26-15-9-7-14(20)8-10-15/h3-10H,2,11-13H2,1H3,(H,21,23)(H,22,24). The van der Waals surface area contributed by atoms with Gasteiger partial charge in [0.25, 0.3) is 5.91 Å². The maximum atomic E-state index is 12.2. The van der Waals surface area contributed by atoms with Crippen LogP contribution in [0.5, 0.6) is 5.75 Å². The second-order valence-corrected chi connectivity index (χ2v) is 6.87. The van der Waals surface area contributed by atoms with Crippen LogP contribution in [0, 0.1) is 0 Å². The van der Waals surface area contributed by atoms with Gasteiger partial charge in [0, 0.05) is 22.2 Å². The van der Waals surface area contributed by atoms with Gasteiger partial charge in [-0.15, -0.1) is 11.8 Å². The summed E-state index contributed by atoms with van der Waals surface area (Å²) in [6, 6.07) is 14.5. The number of hydrogen-bond acceptors (Lipinski definition) is 4. The fourth-order valence-electron chi connectivity index (χ4n) is 2.14. The Morgan fingerprint density at radius 2 is 1.81 bits per heavy atom. The Morgan fingerprint density at radius 3 is 2.54 bits per heavy atom. The fourth-order valence-corrected chi connectivity index (χ4v) is 3.04. The topological polar surface area (TPSA) is 67.4 Å². The number of halogens is 1. The second-order valence-electron chi connectivity index (χ2n) is 5.26. The van der Waals surface area contributed by atoms with E-state index in [9.17, 15) is 9.59 Å². The van der Waals surface area contributed by atoms with Crippen LogP contribution in [-0.4, -0.2) is 37.3 Å². The molecule has 2 amide bonds. The molecule has 0 bridgehead atoms. The van der Waals surface area contributed by atoms with Gasteiger partial charge in [-0.3, -0.25) is 9.59 Å². The van der Waals surface area contributed by atoms with Crippen LogP contribution >= 0.6 is 23.4 Å². The van der Waals surface area contributed by atoms with E-state index in [2.05, 4.69) is 10.6 Å². The van der Waals surface area contributed by atoms with Gasteiger partial charge in [0.05, 0.1) is 18.7 Å². The quantitative estimate of drug-likeness (QED) is 0.507. The fraction of sp³-hybridized carbons (Fsp3) is 0.263. The van der Waals surface area contributed by atoms with E-state index in [1.165, 1.54) is 0 Å². The Hall–Kier alpha value is -2.18. The van der Waals surface area contributed by atoms with Crippen molar-refractivity contribution >= 4 is 35.2 Å². The Kier molecular flexibility index (Phi) is 8.31. The summed E-state index contributed by atoms with van der Waals surface area (Å²) in [7, 11) is 0. The highest BCUT2D eigenvalue weighted by Crippen LogP contribution is 2.19. The van der Waals surface area contributed by atoms with Crippen LogP contribution in [0.1, 0.15) is 17.3 Å². The number of rotatable bonds is 9. The number of hydrogen-bond donors (Lipinski definition) is 2. The highest BCUT2D eigenvalue weighted by atomic mass is 35.5. The maximum absolute atomic E-state index is 12.2. The van der Waals surface area contributed by atoms with Gasteiger partial charge in [-0.2, -0.15) is 0 Å². The summed E-state index contributed by atoms with van der Waals surface area (Å²) in [5.41, 5.74) is 0.417. The molecule has 0 heterocycles. The van der Waals surface area contributed by atoms with E-state index < -0.39 is 0 Å². The minimum Gasteiger partial charge on any atom is -0.493 e. The number of ether oxygens (including phenoxy) is 1. The molecule has 26 heavy (non-hydrogen) atoms. The summed E-state index contributed by atoms with van der Waals surface area (Å²) >= 11 is 7.46. The zero-order valence-electron chi connectivity index (χ0n) is 14.5. The van der Waals surface area contributed by atoms with Gasteiger partial charge in [-0.25, -0.2) is 0 Å². The van der Waals surface area contributed by atoms with E-state index in [0.29, 0.717) is 29.5 Å². The van der Waals surface area contributed by atoms with Crippen molar-refractivity contribution in [1.29, 1.82) is 0 Å². The molecule has 2 N–H and O–H groups in total. The number of amides is 2. The van der Waals surface area contributed by atoms with Crippen molar-refractivity contribution in [2.75, 3.05) is 25.4 Å². The number of para-hydroxylation sites is 1. The summed E-state index contributed by atoms with van der Waals surface area (Å²) in [5, 5.41) is 6.09. The highest BCUT2D eigenvalue weighted by Gasteiger charge is 2.12. The van der Waals surface area contributed by atoms with Crippen molar-refractivity contribution < 1.29 is 14.3 Å². The lowest BCUT2D eigenvalue weighted by Crippen LogP contribution is -2.37. The first-order valence-electron chi connectivity index (χ1n) is 8.25. The first-order valence-corrected chi connectivity index (χ1v) is 9.61. The third-order valence-electron chi connectivity index (χ3n) is 3.35. The monoisotopic (exact) mass is 392 g/mol. The molecule has 138 valence electrons. The average Bonchev–Trinajstić information content (AvgIpc) is 2.65. The third-order valence-corrected chi connectivity index (χ3v) is 4.61. The second kappa shape index (κ2) is 10.7. The first-order chi connectivity index (χ1) is 12.6. The molecule has 0 aliphatic rings. The van der Waals surface area contributed by atoms with Gasteiger partial charge >= 0.3 is 0 Å². The van der Waals surface area contributed by atoms with E-state index >= 15 is 0 Å². The van der Waals surface area contributed by atoms with Crippen molar-refractivity contribution in [2.45, 2.75) is 11.8 Å². The predicted molar refractivity (Wildman–Crippen MR) is 105 cm³/mol.